The predicted octanol–water partition coefficient (Wildman–Crippen LogP) is 3.04. The number of benzene rings is 2. The third-order valence-corrected chi connectivity index (χ3v) is 9.52. The zero-order valence-electron chi connectivity index (χ0n) is 24.7. The first-order valence-corrected chi connectivity index (χ1v) is 15.7. The lowest BCUT2D eigenvalue weighted by atomic mass is 9.83. The van der Waals surface area contributed by atoms with E-state index < -0.39 is 5.82 Å². The smallest absolute Gasteiger partial charge is 0.272 e. The monoisotopic (exact) mass is 588 g/mol. The Morgan fingerprint density at radius 3 is 2.28 bits per heavy atom. The summed E-state index contributed by atoms with van der Waals surface area (Å²) in [6.07, 6.45) is 6.57. The minimum atomic E-state index is -0.574. The first-order chi connectivity index (χ1) is 20.9. The number of piperidine rings is 2. The van der Waals surface area contributed by atoms with Crippen molar-refractivity contribution in [2.24, 2.45) is 11.8 Å². The molecule has 3 aliphatic heterocycles. The van der Waals surface area contributed by atoms with E-state index >= 15 is 0 Å². The van der Waals surface area contributed by atoms with Gasteiger partial charge in [-0.3, -0.25) is 19.3 Å². The second-order valence-electron chi connectivity index (χ2n) is 12.4. The SMILES string of the molecule is O=C(CN1CCC(CC2CCNCC2)CC1)N1CCN(C(=O)c2cc(Cc3n[nH]c(=O)c4ccccc34)ccc2F)CC1. The Morgan fingerprint density at radius 2 is 1.53 bits per heavy atom. The molecule has 3 aromatic rings. The number of amides is 2. The van der Waals surface area contributed by atoms with Crippen LogP contribution in [0.5, 0.6) is 0 Å². The van der Waals surface area contributed by atoms with Crippen LogP contribution in [0, 0.1) is 17.7 Å². The standard InChI is InChI=1S/C33H41FN6O3/c34-29-6-5-25(21-30-26-3-1-2-4-27(26)32(42)37-36-30)20-28(29)33(43)40-17-15-39(16-18-40)31(41)22-38-13-9-24(10-14-38)19-23-7-11-35-12-8-23/h1-6,20,23-24,35H,7-19,21-22H2,(H,37,42). The topological polar surface area (TPSA) is 102 Å². The number of hydrogen-bond donors (Lipinski definition) is 2. The molecule has 10 heteroatoms. The molecular formula is C33H41FN6O3. The van der Waals surface area contributed by atoms with E-state index in [1.807, 2.05) is 17.0 Å². The highest BCUT2D eigenvalue weighted by Gasteiger charge is 2.29. The van der Waals surface area contributed by atoms with Gasteiger partial charge in [-0.1, -0.05) is 24.3 Å². The molecule has 3 fully saturated rings. The lowest BCUT2D eigenvalue weighted by molar-refractivity contribution is -0.134. The molecule has 3 saturated heterocycles. The van der Waals surface area contributed by atoms with Crippen molar-refractivity contribution in [3.8, 4) is 0 Å². The van der Waals surface area contributed by atoms with Gasteiger partial charge in [-0.25, -0.2) is 9.49 Å². The third-order valence-electron chi connectivity index (χ3n) is 9.52. The van der Waals surface area contributed by atoms with Crippen molar-refractivity contribution in [2.45, 2.75) is 38.5 Å². The van der Waals surface area contributed by atoms with Gasteiger partial charge in [0.15, 0.2) is 0 Å². The maximum Gasteiger partial charge on any atom is 0.272 e. The fourth-order valence-electron chi connectivity index (χ4n) is 6.94. The van der Waals surface area contributed by atoms with E-state index in [1.54, 1.807) is 29.2 Å². The van der Waals surface area contributed by atoms with E-state index in [0.717, 1.165) is 49.0 Å². The minimum absolute atomic E-state index is 0.0124. The van der Waals surface area contributed by atoms with E-state index in [1.165, 1.54) is 38.2 Å². The molecular weight excluding hydrogens is 547 g/mol. The van der Waals surface area contributed by atoms with Crippen molar-refractivity contribution in [3.05, 3.63) is 75.5 Å². The van der Waals surface area contributed by atoms with Gasteiger partial charge in [-0.15, -0.1) is 0 Å². The van der Waals surface area contributed by atoms with E-state index in [9.17, 15) is 18.8 Å². The Morgan fingerprint density at radius 1 is 0.860 bits per heavy atom. The number of fused-ring (bicyclic) bond motifs is 1. The quantitative estimate of drug-likeness (QED) is 0.440. The molecule has 2 aromatic carbocycles. The molecule has 43 heavy (non-hydrogen) atoms. The van der Waals surface area contributed by atoms with Crippen LogP contribution in [0.15, 0.2) is 47.3 Å². The lowest BCUT2D eigenvalue weighted by Crippen LogP contribution is -2.53. The summed E-state index contributed by atoms with van der Waals surface area (Å²) in [6, 6.07) is 11.7. The van der Waals surface area contributed by atoms with Crippen LogP contribution in [0.1, 0.15) is 53.7 Å². The normalized spacial score (nSPS) is 19.2. The summed E-state index contributed by atoms with van der Waals surface area (Å²) in [7, 11) is 0. The number of aromatic nitrogens is 2. The van der Waals surface area contributed by atoms with Crippen molar-refractivity contribution in [1.82, 2.24) is 30.2 Å². The highest BCUT2D eigenvalue weighted by Crippen LogP contribution is 2.28. The van der Waals surface area contributed by atoms with Crippen LogP contribution in [0.3, 0.4) is 0 Å². The van der Waals surface area contributed by atoms with Gasteiger partial charge in [0.1, 0.15) is 5.82 Å². The van der Waals surface area contributed by atoms with Gasteiger partial charge >= 0.3 is 0 Å². The molecule has 0 atom stereocenters. The number of carbonyl (C=O) groups excluding carboxylic acids is 2. The first kappa shape index (κ1) is 29.4. The molecule has 9 nitrogen and oxygen atoms in total. The number of carbonyl (C=O) groups is 2. The van der Waals surface area contributed by atoms with Crippen molar-refractivity contribution in [1.29, 1.82) is 0 Å². The van der Waals surface area contributed by atoms with Crippen LogP contribution >= 0.6 is 0 Å². The van der Waals surface area contributed by atoms with Crippen molar-refractivity contribution in [3.63, 3.8) is 0 Å². The largest absolute Gasteiger partial charge is 0.338 e. The van der Waals surface area contributed by atoms with Crippen LogP contribution < -0.4 is 10.9 Å². The number of H-pyrrole nitrogens is 1. The Kier molecular flexibility index (Phi) is 9.14. The van der Waals surface area contributed by atoms with Crippen LogP contribution in [-0.2, 0) is 11.2 Å². The second-order valence-corrected chi connectivity index (χ2v) is 12.4. The highest BCUT2D eigenvalue weighted by atomic mass is 19.1. The Hall–Kier alpha value is -3.63. The lowest BCUT2D eigenvalue weighted by Gasteiger charge is -2.38. The number of likely N-dealkylation sites (tertiary alicyclic amines) is 1. The molecule has 0 unspecified atom stereocenters. The number of nitrogens with one attached hydrogen (secondary N) is 2. The van der Waals surface area contributed by atoms with Gasteiger partial charge in [0.25, 0.3) is 11.5 Å². The number of rotatable bonds is 7. The second kappa shape index (κ2) is 13.3. The van der Waals surface area contributed by atoms with Gasteiger partial charge in [0.05, 0.1) is 23.2 Å². The van der Waals surface area contributed by atoms with Crippen LogP contribution in [0.25, 0.3) is 10.8 Å². The zero-order chi connectivity index (χ0) is 29.8. The number of halogens is 1. The van der Waals surface area contributed by atoms with Gasteiger partial charge in [0.2, 0.25) is 5.91 Å². The fraction of sp³-hybridized carbons (Fsp3) is 0.515. The number of piperazine rings is 1. The van der Waals surface area contributed by atoms with E-state index in [-0.39, 0.29) is 22.9 Å². The van der Waals surface area contributed by atoms with E-state index in [0.29, 0.717) is 50.2 Å². The zero-order valence-corrected chi connectivity index (χ0v) is 24.7. The summed E-state index contributed by atoms with van der Waals surface area (Å²) in [5, 5.41) is 11.5. The number of nitrogens with zero attached hydrogens (tertiary/aromatic N) is 4. The Labute approximate surface area is 251 Å². The highest BCUT2D eigenvalue weighted by molar-refractivity contribution is 5.95. The van der Waals surface area contributed by atoms with Crippen LogP contribution in [0.4, 0.5) is 4.39 Å². The molecule has 6 rings (SSSR count). The molecule has 2 amide bonds. The molecule has 4 heterocycles. The summed E-state index contributed by atoms with van der Waals surface area (Å²) in [5.41, 5.74) is 1.12. The third kappa shape index (κ3) is 6.96. The predicted molar refractivity (Wildman–Crippen MR) is 163 cm³/mol. The molecule has 0 spiro atoms. The van der Waals surface area contributed by atoms with Gasteiger partial charge in [0, 0.05) is 38.0 Å². The summed E-state index contributed by atoms with van der Waals surface area (Å²) in [4.78, 5) is 44.3. The van der Waals surface area contributed by atoms with Crippen LogP contribution in [0.2, 0.25) is 0 Å². The maximum absolute atomic E-state index is 14.9. The van der Waals surface area contributed by atoms with Gasteiger partial charge in [-0.05, 0) is 93.9 Å². The molecule has 0 saturated carbocycles. The number of hydrogen-bond acceptors (Lipinski definition) is 6. The van der Waals surface area contributed by atoms with E-state index in [2.05, 4.69) is 20.4 Å². The molecule has 3 aliphatic rings. The maximum atomic E-state index is 14.9. The Balaban J connectivity index is 1.00. The van der Waals surface area contributed by atoms with Gasteiger partial charge in [-0.2, -0.15) is 5.10 Å². The van der Waals surface area contributed by atoms with Gasteiger partial charge < -0.3 is 15.1 Å². The van der Waals surface area contributed by atoms with Crippen molar-refractivity contribution >= 4 is 22.6 Å². The fourth-order valence-corrected chi connectivity index (χ4v) is 6.94. The minimum Gasteiger partial charge on any atom is -0.338 e. The molecule has 0 aliphatic carbocycles. The molecule has 2 N–H and O–H groups in total. The summed E-state index contributed by atoms with van der Waals surface area (Å²) in [6.45, 7) is 6.31. The summed E-state index contributed by atoms with van der Waals surface area (Å²) >= 11 is 0. The molecule has 228 valence electrons. The van der Waals surface area contributed by atoms with Crippen LogP contribution in [-0.4, -0.2) is 95.6 Å². The van der Waals surface area contributed by atoms with Crippen molar-refractivity contribution < 1.29 is 14.0 Å². The molecule has 1 aromatic heterocycles. The average Bonchev–Trinajstić information content (AvgIpc) is 3.04. The summed E-state index contributed by atoms with van der Waals surface area (Å²) < 4.78 is 14.9. The average molecular weight is 589 g/mol. The summed E-state index contributed by atoms with van der Waals surface area (Å²) in [5.74, 6) is 0.784. The Bertz CT molecular complexity index is 1500. The van der Waals surface area contributed by atoms with E-state index in [4.69, 9.17) is 0 Å². The first-order valence-electron chi connectivity index (χ1n) is 15.7. The molecule has 0 bridgehead atoms. The van der Waals surface area contributed by atoms with Crippen molar-refractivity contribution in [2.75, 3.05) is 58.9 Å². The number of aromatic amines is 1. The molecule has 0 radical (unpaired) electrons.